The van der Waals surface area contributed by atoms with Crippen molar-refractivity contribution >= 4 is 28.6 Å². The molecule has 1 aromatic carbocycles. The lowest BCUT2D eigenvalue weighted by atomic mass is 9.87. The third kappa shape index (κ3) is 2.45. The van der Waals surface area contributed by atoms with Crippen molar-refractivity contribution in [2.75, 3.05) is 12.9 Å². The van der Waals surface area contributed by atoms with Gasteiger partial charge in [0.05, 0.1) is 11.6 Å². The van der Waals surface area contributed by atoms with Gasteiger partial charge in [0, 0.05) is 0 Å². The second kappa shape index (κ2) is 4.58. The molecule has 0 fully saturated rings. The second-order valence-electron chi connectivity index (χ2n) is 3.89. The number of ether oxygens (including phenoxy) is 1. The highest BCUT2D eigenvalue weighted by atomic mass is 79.9. The van der Waals surface area contributed by atoms with Gasteiger partial charge in [0.1, 0.15) is 5.75 Å². The van der Waals surface area contributed by atoms with Crippen LogP contribution in [-0.2, 0) is 5.41 Å². The Morgan fingerprint density at radius 1 is 1.43 bits per heavy atom. The van der Waals surface area contributed by atoms with Crippen LogP contribution in [0.25, 0.3) is 0 Å². The molecular formula is C11H15BrOS. The van der Waals surface area contributed by atoms with E-state index in [1.807, 2.05) is 6.07 Å². The minimum Gasteiger partial charge on any atom is -0.496 e. The number of hydrogen-bond acceptors (Lipinski definition) is 2. The van der Waals surface area contributed by atoms with Gasteiger partial charge in [-0.3, -0.25) is 0 Å². The van der Waals surface area contributed by atoms with Gasteiger partial charge in [0.2, 0.25) is 0 Å². The molecule has 1 aromatic rings. The molecule has 1 rings (SSSR count). The van der Waals surface area contributed by atoms with Crippen LogP contribution in [0, 0.1) is 0 Å². The Morgan fingerprint density at radius 3 is 2.50 bits per heavy atom. The van der Waals surface area contributed by atoms with Crippen molar-refractivity contribution in [3.8, 4) is 5.75 Å². The van der Waals surface area contributed by atoms with E-state index >= 15 is 0 Å². The smallest absolute Gasteiger partial charge is 0.133 e. The van der Waals surface area contributed by atoms with Gasteiger partial charge >= 0.3 is 0 Å². The van der Waals surface area contributed by atoms with E-state index in [1.165, 1.54) is 5.56 Å². The van der Waals surface area contributed by atoms with E-state index < -0.39 is 0 Å². The van der Waals surface area contributed by atoms with Crippen LogP contribution < -0.4 is 4.74 Å². The van der Waals surface area contributed by atoms with E-state index in [0.717, 1.165) is 16.0 Å². The largest absolute Gasteiger partial charge is 0.496 e. The second-order valence-corrected chi connectivity index (χ2v) is 5.06. The molecule has 3 heteroatoms. The molecule has 1 nitrogen and oxygen atoms in total. The Labute approximate surface area is 99.4 Å². The third-order valence-corrected chi connectivity index (χ3v) is 3.74. The average molecular weight is 275 g/mol. The molecule has 0 bridgehead atoms. The van der Waals surface area contributed by atoms with Crippen molar-refractivity contribution in [1.82, 2.24) is 0 Å². The molecular weight excluding hydrogens is 260 g/mol. The number of rotatable bonds is 3. The van der Waals surface area contributed by atoms with Crippen molar-refractivity contribution in [2.24, 2.45) is 0 Å². The number of thiol groups is 1. The summed E-state index contributed by atoms with van der Waals surface area (Å²) in [5, 5.41) is 0. The average Bonchev–Trinajstić information content (AvgIpc) is 2.17. The normalized spacial score (nSPS) is 11.5. The van der Waals surface area contributed by atoms with Crippen LogP contribution >= 0.6 is 28.6 Å². The van der Waals surface area contributed by atoms with E-state index in [-0.39, 0.29) is 5.41 Å². The van der Waals surface area contributed by atoms with E-state index in [2.05, 4.69) is 54.5 Å². The maximum absolute atomic E-state index is 5.18. The van der Waals surface area contributed by atoms with Crippen LogP contribution in [0.5, 0.6) is 5.75 Å². The fraction of sp³-hybridized carbons (Fsp3) is 0.455. The van der Waals surface area contributed by atoms with Gasteiger partial charge in [0.25, 0.3) is 0 Å². The molecule has 0 saturated heterocycles. The first-order chi connectivity index (χ1) is 6.51. The quantitative estimate of drug-likeness (QED) is 0.828. The summed E-state index contributed by atoms with van der Waals surface area (Å²) in [6.45, 7) is 4.35. The fourth-order valence-corrected chi connectivity index (χ4v) is 1.90. The molecule has 14 heavy (non-hydrogen) atoms. The van der Waals surface area contributed by atoms with Gasteiger partial charge < -0.3 is 4.74 Å². The van der Waals surface area contributed by atoms with Crippen molar-refractivity contribution in [1.29, 1.82) is 0 Å². The van der Waals surface area contributed by atoms with Crippen molar-refractivity contribution < 1.29 is 4.74 Å². The summed E-state index contributed by atoms with van der Waals surface area (Å²) in [4.78, 5) is 0. The lowest BCUT2D eigenvalue weighted by molar-refractivity contribution is 0.411. The van der Waals surface area contributed by atoms with Crippen LogP contribution in [0.4, 0.5) is 0 Å². The maximum Gasteiger partial charge on any atom is 0.133 e. The zero-order valence-electron chi connectivity index (χ0n) is 8.67. The Balaban J connectivity index is 3.08. The Bertz CT molecular complexity index is 323. The van der Waals surface area contributed by atoms with Crippen LogP contribution in [0.1, 0.15) is 19.4 Å². The van der Waals surface area contributed by atoms with Crippen molar-refractivity contribution in [3.05, 3.63) is 28.2 Å². The van der Waals surface area contributed by atoms with E-state index in [1.54, 1.807) is 7.11 Å². The molecule has 78 valence electrons. The van der Waals surface area contributed by atoms with Crippen LogP contribution in [-0.4, -0.2) is 12.9 Å². The van der Waals surface area contributed by atoms with Crippen LogP contribution in [0.2, 0.25) is 0 Å². The van der Waals surface area contributed by atoms with Gasteiger partial charge in [-0.05, 0) is 44.8 Å². The number of methoxy groups -OCH3 is 1. The van der Waals surface area contributed by atoms with Crippen LogP contribution in [0.3, 0.4) is 0 Å². The summed E-state index contributed by atoms with van der Waals surface area (Å²) in [5.74, 6) is 1.69. The summed E-state index contributed by atoms with van der Waals surface area (Å²) in [6, 6.07) is 6.15. The monoisotopic (exact) mass is 274 g/mol. The standard InChI is InChI=1S/C11H15BrOS/c1-11(2,7-14)8-4-5-10(13-3)9(12)6-8/h4-6,14H,7H2,1-3H3. The highest BCUT2D eigenvalue weighted by molar-refractivity contribution is 9.10. The molecule has 0 heterocycles. The lowest BCUT2D eigenvalue weighted by Gasteiger charge is -2.23. The van der Waals surface area contributed by atoms with E-state index in [9.17, 15) is 0 Å². The summed E-state index contributed by atoms with van der Waals surface area (Å²) in [6.07, 6.45) is 0. The molecule has 0 aliphatic heterocycles. The van der Waals surface area contributed by atoms with Gasteiger partial charge in [-0.2, -0.15) is 12.6 Å². The predicted molar refractivity (Wildman–Crippen MR) is 67.6 cm³/mol. The highest BCUT2D eigenvalue weighted by Crippen LogP contribution is 2.31. The van der Waals surface area contributed by atoms with Crippen molar-refractivity contribution in [3.63, 3.8) is 0 Å². The fourth-order valence-electron chi connectivity index (χ4n) is 1.18. The first-order valence-electron chi connectivity index (χ1n) is 4.46. The summed E-state index contributed by atoms with van der Waals surface area (Å²) >= 11 is 7.83. The number of benzene rings is 1. The Kier molecular flexibility index (Phi) is 3.90. The first-order valence-corrected chi connectivity index (χ1v) is 5.88. The van der Waals surface area contributed by atoms with E-state index in [0.29, 0.717) is 0 Å². The third-order valence-electron chi connectivity index (χ3n) is 2.33. The molecule has 0 radical (unpaired) electrons. The minimum atomic E-state index is 0.0951. The SMILES string of the molecule is COc1ccc(C(C)(C)CS)cc1Br. The zero-order chi connectivity index (χ0) is 10.8. The molecule has 0 atom stereocenters. The molecule has 0 aliphatic carbocycles. The highest BCUT2D eigenvalue weighted by Gasteiger charge is 2.19. The van der Waals surface area contributed by atoms with Gasteiger partial charge in [-0.1, -0.05) is 19.9 Å². The molecule has 0 aromatic heterocycles. The summed E-state index contributed by atoms with van der Waals surface area (Å²) in [7, 11) is 1.67. The topological polar surface area (TPSA) is 9.23 Å². The van der Waals surface area contributed by atoms with E-state index in [4.69, 9.17) is 4.74 Å². The first kappa shape index (κ1) is 11.9. The molecule has 0 aliphatic rings. The van der Waals surface area contributed by atoms with Crippen LogP contribution in [0.15, 0.2) is 22.7 Å². The Morgan fingerprint density at radius 2 is 2.07 bits per heavy atom. The lowest BCUT2D eigenvalue weighted by Crippen LogP contribution is -2.18. The molecule has 0 unspecified atom stereocenters. The Hall–Kier alpha value is -0.150. The van der Waals surface area contributed by atoms with Gasteiger partial charge in [-0.15, -0.1) is 0 Å². The van der Waals surface area contributed by atoms with Gasteiger partial charge in [-0.25, -0.2) is 0 Å². The number of halogens is 1. The summed E-state index contributed by atoms with van der Waals surface area (Å²) in [5.41, 5.74) is 1.36. The summed E-state index contributed by atoms with van der Waals surface area (Å²) < 4.78 is 6.17. The zero-order valence-corrected chi connectivity index (χ0v) is 11.2. The maximum atomic E-state index is 5.18. The number of hydrogen-bond donors (Lipinski definition) is 1. The van der Waals surface area contributed by atoms with Gasteiger partial charge in [0.15, 0.2) is 0 Å². The molecule has 0 N–H and O–H groups in total. The molecule has 0 saturated carbocycles. The predicted octanol–water partition coefficient (Wildman–Crippen LogP) is 3.67. The minimum absolute atomic E-state index is 0.0951. The molecule has 0 amide bonds. The molecule has 0 spiro atoms. The van der Waals surface area contributed by atoms with Crippen molar-refractivity contribution in [2.45, 2.75) is 19.3 Å².